The molecule has 1 saturated heterocycles. The molecule has 10 heteroatoms. The van der Waals surface area contributed by atoms with Crippen LogP contribution in [-0.2, 0) is 19.9 Å². The highest BCUT2D eigenvalue weighted by atomic mass is 32.2. The van der Waals surface area contributed by atoms with Gasteiger partial charge in [-0.1, -0.05) is 0 Å². The van der Waals surface area contributed by atoms with Crippen molar-refractivity contribution in [3.63, 3.8) is 0 Å². The van der Waals surface area contributed by atoms with Crippen LogP contribution in [0.25, 0.3) is 0 Å². The number of benzene rings is 1. The summed E-state index contributed by atoms with van der Waals surface area (Å²) >= 11 is 0. The summed E-state index contributed by atoms with van der Waals surface area (Å²) in [5.74, 6) is -0.450. The van der Waals surface area contributed by atoms with Crippen LogP contribution in [0.2, 0.25) is 0 Å². The quantitative estimate of drug-likeness (QED) is 0.748. The van der Waals surface area contributed by atoms with Gasteiger partial charge in [-0.3, -0.25) is 0 Å². The molecule has 23 heavy (non-hydrogen) atoms. The van der Waals surface area contributed by atoms with Crippen molar-refractivity contribution in [2.45, 2.75) is 17.0 Å². The summed E-state index contributed by atoms with van der Waals surface area (Å²) < 4.78 is 59.8. The van der Waals surface area contributed by atoms with Gasteiger partial charge < -0.3 is 14.6 Å². The first-order valence-corrected chi connectivity index (χ1v) is 9.97. The third kappa shape index (κ3) is 3.44. The minimum Gasteiger partial charge on any atom is -0.497 e. The minimum absolute atomic E-state index is 0.105. The van der Waals surface area contributed by atoms with Crippen LogP contribution >= 0.6 is 0 Å². The molecule has 0 aromatic heterocycles. The molecule has 1 fully saturated rings. The number of methoxy groups -OCH3 is 2. The average molecular weight is 365 g/mol. The molecule has 0 saturated carbocycles. The summed E-state index contributed by atoms with van der Waals surface area (Å²) in [4.78, 5) is -0.154. The SMILES string of the molecule is COc1ccc(OC)c(S(=O)(=O)N(C)[C@H]2CS(=O)(=O)C[C@@H]2O)c1. The van der Waals surface area contributed by atoms with Crippen LogP contribution in [0.5, 0.6) is 11.5 Å². The zero-order chi connectivity index (χ0) is 17.4. The summed E-state index contributed by atoms with van der Waals surface area (Å²) in [6, 6.07) is 3.25. The fourth-order valence-corrected chi connectivity index (χ4v) is 5.97. The highest BCUT2D eigenvalue weighted by molar-refractivity contribution is 7.92. The number of sulfone groups is 1. The van der Waals surface area contributed by atoms with E-state index in [2.05, 4.69) is 0 Å². The van der Waals surface area contributed by atoms with Crippen molar-refractivity contribution in [3.8, 4) is 11.5 Å². The first-order valence-electron chi connectivity index (χ1n) is 6.71. The molecule has 0 bridgehead atoms. The predicted octanol–water partition coefficient (Wildman–Crippen LogP) is -0.518. The lowest BCUT2D eigenvalue weighted by molar-refractivity contribution is 0.137. The summed E-state index contributed by atoms with van der Waals surface area (Å²) in [6.45, 7) is 0. The van der Waals surface area contributed by atoms with E-state index in [-0.39, 0.29) is 10.6 Å². The van der Waals surface area contributed by atoms with Gasteiger partial charge in [0.25, 0.3) is 0 Å². The normalized spacial score (nSPS) is 23.9. The number of hydrogen-bond acceptors (Lipinski definition) is 7. The number of ether oxygens (including phenoxy) is 2. The highest BCUT2D eigenvalue weighted by Gasteiger charge is 2.43. The lowest BCUT2D eigenvalue weighted by Crippen LogP contribution is -2.44. The van der Waals surface area contributed by atoms with E-state index in [1.807, 2.05) is 0 Å². The number of likely N-dealkylation sites (N-methyl/N-ethyl adjacent to an activating group) is 1. The Morgan fingerprint density at radius 1 is 1.22 bits per heavy atom. The number of aliphatic hydroxyl groups is 1. The fraction of sp³-hybridized carbons (Fsp3) is 0.538. The molecule has 0 aliphatic carbocycles. The van der Waals surface area contributed by atoms with Crippen molar-refractivity contribution in [2.24, 2.45) is 0 Å². The molecule has 1 aromatic rings. The van der Waals surface area contributed by atoms with E-state index in [0.29, 0.717) is 5.75 Å². The van der Waals surface area contributed by atoms with Gasteiger partial charge in [-0.25, -0.2) is 16.8 Å². The zero-order valence-corrected chi connectivity index (χ0v) is 14.6. The van der Waals surface area contributed by atoms with Gasteiger partial charge in [-0.2, -0.15) is 4.31 Å². The van der Waals surface area contributed by atoms with Crippen LogP contribution in [0.1, 0.15) is 0 Å². The molecule has 8 nitrogen and oxygen atoms in total. The van der Waals surface area contributed by atoms with Crippen LogP contribution in [0.15, 0.2) is 23.1 Å². The minimum atomic E-state index is -4.08. The van der Waals surface area contributed by atoms with E-state index in [1.54, 1.807) is 6.07 Å². The Balaban J connectivity index is 2.46. The predicted molar refractivity (Wildman–Crippen MR) is 82.9 cm³/mol. The molecule has 2 atom stereocenters. The fourth-order valence-electron chi connectivity index (χ4n) is 2.48. The van der Waals surface area contributed by atoms with Crippen molar-refractivity contribution in [1.29, 1.82) is 0 Å². The van der Waals surface area contributed by atoms with Crippen molar-refractivity contribution in [2.75, 3.05) is 32.8 Å². The van der Waals surface area contributed by atoms with E-state index < -0.39 is 43.5 Å². The van der Waals surface area contributed by atoms with E-state index in [4.69, 9.17) is 9.47 Å². The second-order valence-electron chi connectivity index (χ2n) is 5.25. The van der Waals surface area contributed by atoms with Crippen LogP contribution in [0.4, 0.5) is 0 Å². The van der Waals surface area contributed by atoms with E-state index in [1.165, 1.54) is 33.4 Å². The maximum absolute atomic E-state index is 12.8. The van der Waals surface area contributed by atoms with Crippen LogP contribution in [0.3, 0.4) is 0 Å². The smallest absolute Gasteiger partial charge is 0.247 e. The van der Waals surface area contributed by atoms with Gasteiger partial charge in [-0.15, -0.1) is 0 Å². The molecule has 1 aliphatic heterocycles. The lowest BCUT2D eigenvalue weighted by atomic mass is 10.2. The third-order valence-corrected chi connectivity index (χ3v) is 7.39. The summed E-state index contributed by atoms with van der Waals surface area (Å²) in [5.41, 5.74) is 0. The second-order valence-corrected chi connectivity index (χ2v) is 9.37. The van der Waals surface area contributed by atoms with Gasteiger partial charge in [0.15, 0.2) is 9.84 Å². The van der Waals surface area contributed by atoms with Crippen molar-refractivity contribution >= 4 is 19.9 Å². The maximum atomic E-state index is 12.8. The van der Waals surface area contributed by atoms with Crippen molar-refractivity contribution in [1.82, 2.24) is 4.31 Å². The van der Waals surface area contributed by atoms with E-state index in [9.17, 15) is 21.9 Å². The van der Waals surface area contributed by atoms with Gasteiger partial charge in [0, 0.05) is 13.1 Å². The lowest BCUT2D eigenvalue weighted by Gasteiger charge is -2.26. The number of hydrogen-bond donors (Lipinski definition) is 1. The number of sulfonamides is 1. The Hall–Kier alpha value is -1.36. The molecule has 0 unspecified atom stereocenters. The third-order valence-electron chi connectivity index (χ3n) is 3.79. The Kier molecular flexibility index (Phi) is 4.90. The van der Waals surface area contributed by atoms with Gasteiger partial charge in [-0.05, 0) is 12.1 Å². The Labute approximate surface area is 135 Å². The molecule has 1 N–H and O–H groups in total. The topological polar surface area (TPSA) is 110 Å². The van der Waals surface area contributed by atoms with Crippen LogP contribution in [-0.4, -0.2) is 71.2 Å². The Bertz CT molecular complexity index is 789. The molecule has 130 valence electrons. The standard InChI is InChI=1S/C13H19NO7S2/c1-14(10-7-22(16,17)8-11(10)15)23(18,19)13-6-9(20-2)4-5-12(13)21-3/h4-6,10-11,15H,7-8H2,1-3H3/t10-,11-/m0/s1. The van der Waals surface area contributed by atoms with E-state index in [0.717, 1.165) is 4.31 Å². The molecule has 1 aliphatic rings. The maximum Gasteiger partial charge on any atom is 0.247 e. The Morgan fingerprint density at radius 3 is 2.35 bits per heavy atom. The summed E-state index contributed by atoms with van der Waals surface area (Å²) in [5, 5.41) is 9.89. The zero-order valence-electron chi connectivity index (χ0n) is 13.0. The molecular weight excluding hydrogens is 346 g/mol. The second kappa shape index (κ2) is 6.27. The average Bonchev–Trinajstić information content (AvgIpc) is 2.78. The first-order chi connectivity index (χ1) is 10.6. The van der Waals surface area contributed by atoms with Crippen molar-refractivity contribution in [3.05, 3.63) is 18.2 Å². The number of aliphatic hydroxyl groups excluding tert-OH is 1. The molecule has 2 rings (SSSR count). The van der Waals surface area contributed by atoms with Crippen LogP contribution < -0.4 is 9.47 Å². The van der Waals surface area contributed by atoms with Gasteiger partial charge in [0.05, 0.1) is 37.9 Å². The van der Waals surface area contributed by atoms with Gasteiger partial charge >= 0.3 is 0 Å². The number of nitrogens with zero attached hydrogens (tertiary/aromatic N) is 1. The largest absolute Gasteiger partial charge is 0.497 e. The van der Waals surface area contributed by atoms with Crippen molar-refractivity contribution < 1.29 is 31.4 Å². The Morgan fingerprint density at radius 2 is 1.87 bits per heavy atom. The molecule has 0 spiro atoms. The van der Waals surface area contributed by atoms with Gasteiger partial charge in [0.2, 0.25) is 10.0 Å². The monoisotopic (exact) mass is 365 g/mol. The van der Waals surface area contributed by atoms with E-state index >= 15 is 0 Å². The highest BCUT2D eigenvalue weighted by Crippen LogP contribution is 2.32. The molecule has 0 amide bonds. The molecule has 0 radical (unpaired) electrons. The molecule has 1 aromatic carbocycles. The number of rotatable bonds is 5. The van der Waals surface area contributed by atoms with Crippen LogP contribution in [0, 0.1) is 0 Å². The first kappa shape index (κ1) is 18.0. The summed E-state index contributed by atoms with van der Waals surface area (Å²) in [7, 11) is -3.58. The molecule has 1 heterocycles. The molecular formula is C13H19NO7S2. The summed E-state index contributed by atoms with van der Waals surface area (Å²) in [6.07, 6.45) is -1.27. The van der Waals surface area contributed by atoms with Gasteiger partial charge in [0.1, 0.15) is 16.4 Å².